The van der Waals surface area contributed by atoms with Gasteiger partial charge in [-0.2, -0.15) is 0 Å². The number of hydrogen-bond donors (Lipinski definition) is 2. The molecule has 3 N–H and O–H groups in total. The van der Waals surface area contributed by atoms with E-state index in [1.165, 1.54) is 30.9 Å². The van der Waals surface area contributed by atoms with Crippen LogP contribution in [-0.4, -0.2) is 22.5 Å². The van der Waals surface area contributed by atoms with Crippen LogP contribution in [0.3, 0.4) is 0 Å². The Morgan fingerprint density at radius 3 is 2.67 bits per heavy atom. The van der Waals surface area contributed by atoms with Crippen LogP contribution in [0, 0.1) is 10.1 Å². The largest absolute Gasteiger partial charge is 0.497 e. The van der Waals surface area contributed by atoms with Crippen LogP contribution < -0.4 is 15.8 Å². The highest BCUT2D eigenvalue weighted by Gasteiger charge is 2.21. The van der Waals surface area contributed by atoms with Gasteiger partial charge < -0.3 is 25.9 Å². The summed E-state index contributed by atoms with van der Waals surface area (Å²) in [5.41, 5.74) is 6.68. The quantitative estimate of drug-likeness (QED) is 0.506. The minimum atomic E-state index is -0.559. The molecule has 0 atom stereocenters. The Kier molecular flexibility index (Phi) is 3.79. The minimum absolute atomic E-state index is 0.156. The summed E-state index contributed by atoms with van der Waals surface area (Å²) >= 11 is 0. The Morgan fingerprint density at radius 1 is 1.38 bits per heavy atom. The number of nitrogen functional groups attached to an aromatic ring is 1. The van der Waals surface area contributed by atoms with E-state index in [1.54, 1.807) is 18.2 Å². The molecule has 0 fully saturated rings. The number of anilines is 2. The maximum atomic E-state index is 12.2. The van der Waals surface area contributed by atoms with Crippen LogP contribution in [0.4, 0.5) is 17.2 Å². The van der Waals surface area contributed by atoms with Crippen molar-refractivity contribution < 1.29 is 14.5 Å². The number of rotatable bonds is 4. The lowest BCUT2D eigenvalue weighted by Gasteiger charge is -2.09. The second kappa shape index (κ2) is 5.53. The molecule has 0 unspecified atom stereocenters. The molecule has 0 bridgehead atoms. The van der Waals surface area contributed by atoms with Crippen LogP contribution in [0.2, 0.25) is 0 Å². The molecule has 8 heteroatoms. The molecule has 1 heterocycles. The average Bonchev–Trinajstić information content (AvgIpc) is 2.83. The number of benzene rings is 1. The molecule has 21 heavy (non-hydrogen) atoms. The van der Waals surface area contributed by atoms with E-state index in [0.29, 0.717) is 17.1 Å². The summed E-state index contributed by atoms with van der Waals surface area (Å²) in [4.78, 5) is 22.4. The predicted molar refractivity (Wildman–Crippen MR) is 77.4 cm³/mol. The Balaban J connectivity index is 2.28. The molecule has 2 aromatic rings. The number of amides is 1. The van der Waals surface area contributed by atoms with Crippen LogP contribution in [-0.2, 0) is 7.05 Å². The number of ether oxygens (including phenoxy) is 1. The molecule has 0 radical (unpaired) electrons. The van der Waals surface area contributed by atoms with Crippen LogP contribution in [0.25, 0.3) is 0 Å². The first kappa shape index (κ1) is 14.4. The number of nitrogens with zero attached hydrogens (tertiary/aromatic N) is 2. The topological polar surface area (TPSA) is 112 Å². The van der Waals surface area contributed by atoms with Crippen molar-refractivity contribution in [3.05, 3.63) is 46.1 Å². The fourth-order valence-electron chi connectivity index (χ4n) is 1.87. The highest BCUT2D eigenvalue weighted by molar-refractivity contribution is 6.05. The van der Waals surface area contributed by atoms with Gasteiger partial charge in [0, 0.05) is 12.1 Å². The molecule has 110 valence electrons. The van der Waals surface area contributed by atoms with Gasteiger partial charge in [-0.15, -0.1) is 0 Å². The summed E-state index contributed by atoms with van der Waals surface area (Å²) in [6.07, 6.45) is 0. The molecule has 2 rings (SSSR count). The van der Waals surface area contributed by atoms with E-state index in [2.05, 4.69) is 5.32 Å². The Hall–Kier alpha value is -3.03. The van der Waals surface area contributed by atoms with Gasteiger partial charge in [0.15, 0.2) is 5.69 Å². The maximum Gasteiger partial charge on any atom is 0.323 e. The summed E-state index contributed by atoms with van der Waals surface area (Å²) in [6, 6.07) is 7.48. The number of methoxy groups -OCH3 is 1. The number of nitrogens with one attached hydrogen (secondary N) is 1. The van der Waals surface area contributed by atoms with Gasteiger partial charge in [-0.05, 0) is 23.1 Å². The summed E-state index contributed by atoms with van der Waals surface area (Å²) in [5.74, 6) is -0.123. The highest BCUT2D eigenvalue weighted by Crippen LogP contribution is 2.25. The van der Waals surface area contributed by atoms with Crippen molar-refractivity contribution in [2.75, 3.05) is 18.2 Å². The van der Waals surface area contributed by atoms with Gasteiger partial charge in [-0.1, -0.05) is 0 Å². The molecule has 0 spiro atoms. The van der Waals surface area contributed by atoms with E-state index < -0.39 is 10.8 Å². The third-order valence-electron chi connectivity index (χ3n) is 3.02. The van der Waals surface area contributed by atoms with Crippen LogP contribution in [0.5, 0.6) is 5.75 Å². The van der Waals surface area contributed by atoms with Gasteiger partial charge in [0.25, 0.3) is 5.91 Å². The molecule has 1 aromatic carbocycles. The fraction of sp³-hybridized carbons (Fsp3) is 0.154. The lowest BCUT2D eigenvalue weighted by atomic mass is 10.2. The van der Waals surface area contributed by atoms with Gasteiger partial charge >= 0.3 is 5.82 Å². The van der Waals surface area contributed by atoms with Gasteiger partial charge in [0.2, 0.25) is 0 Å². The number of nitrogens with two attached hydrogens (primary N) is 1. The van der Waals surface area contributed by atoms with Crippen LogP contribution in [0.1, 0.15) is 10.5 Å². The van der Waals surface area contributed by atoms with E-state index in [9.17, 15) is 14.9 Å². The minimum Gasteiger partial charge on any atom is -0.497 e. The SMILES string of the molecule is COc1ccc(N)c(NC(=O)c2ccc([N+](=O)[O-])n2C)c1. The number of aromatic nitrogens is 1. The number of carbonyl (C=O) groups excluding carboxylic acids is 1. The van der Waals surface area contributed by atoms with Crippen molar-refractivity contribution in [2.24, 2.45) is 7.05 Å². The molecule has 1 amide bonds. The van der Waals surface area contributed by atoms with Crippen LogP contribution in [0.15, 0.2) is 30.3 Å². The predicted octanol–water partition coefficient (Wildman–Crippen LogP) is 1.78. The smallest absolute Gasteiger partial charge is 0.323 e. The Morgan fingerprint density at radius 2 is 2.10 bits per heavy atom. The van der Waals surface area contributed by atoms with E-state index in [-0.39, 0.29) is 11.5 Å². The van der Waals surface area contributed by atoms with Crippen molar-refractivity contribution in [1.82, 2.24) is 4.57 Å². The van der Waals surface area contributed by atoms with Gasteiger partial charge in [0.1, 0.15) is 5.75 Å². The summed E-state index contributed by atoms with van der Waals surface area (Å²) in [7, 11) is 2.94. The maximum absolute atomic E-state index is 12.2. The zero-order chi connectivity index (χ0) is 15.6. The summed E-state index contributed by atoms with van der Waals surface area (Å²) in [5, 5.41) is 13.4. The normalized spacial score (nSPS) is 10.2. The first-order valence-electron chi connectivity index (χ1n) is 5.99. The third kappa shape index (κ3) is 2.78. The monoisotopic (exact) mass is 290 g/mol. The number of nitro groups is 1. The number of carbonyl (C=O) groups is 1. The second-order valence-corrected chi connectivity index (χ2v) is 4.30. The van der Waals surface area contributed by atoms with Crippen LogP contribution >= 0.6 is 0 Å². The number of hydrogen-bond acceptors (Lipinski definition) is 5. The standard InChI is InChI=1S/C13H14N4O4/c1-16-11(5-6-12(16)17(19)20)13(18)15-10-7-8(21-2)3-4-9(10)14/h3-7H,14H2,1-2H3,(H,15,18). The third-order valence-corrected chi connectivity index (χ3v) is 3.02. The van der Waals surface area contributed by atoms with Gasteiger partial charge in [-0.25, -0.2) is 4.57 Å². The second-order valence-electron chi connectivity index (χ2n) is 4.30. The molecule has 1 aromatic heterocycles. The van der Waals surface area contributed by atoms with E-state index >= 15 is 0 Å². The Bertz CT molecular complexity index is 708. The molecule has 0 saturated heterocycles. The van der Waals surface area contributed by atoms with Crippen molar-refractivity contribution in [2.45, 2.75) is 0 Å². The van der Waals surface area contributed by atoms with Crippen molar-refractivity contribution in [3.63, 3.8) is 0 Å². The first-order valence-corrected chi connectivity index (χ1v) is 5.99. The fourth-order valence-corrected chi connectivity index (χ4v) is 1.87. The van der Waals surface area contributed by atoms with Gasteiger partial charge in [0.05, 0.1) is 25.5 Å². The zero-order valence-corrected chi connectivity index (χ0v) is 11.5. The summed E-state index contributed by atoms with van der Waals surface area (Å²) in [6.45, 7) is 0. The molecule has 0 aliphatic heterocycles. The molecular formula is C13H14N4O4. The zero-order valence-electron chi connectivity index (χ0n) is 11.5. The van der Waals surface area contributed by atoms with Crippen molar-refractivity contribution >= 4 is 23.1 Å². The van der Waals surface area contributed by atoms with E-state index in [1.807, 2.05) is 0 Å². The van der Waals surface area contributed by atoms with E-state index in [0.717, 1.165) is 0 Å². The lowest BCUT2D eigenvalue weighted by molar-refractivity contribution is -0.391. The molecule has 8 nitrogen and oxygen atoms in total. The highest BCUT2D eigenvalue weighted by atomic mass is 16.6. The van der Waals surface area contributed by atoms with Gasteiger partial charge in [-0.3, -0.25) is 4.79 Å². The van der Waals surface area contributed by atoms with Crippen molar-refractivity contribution in [3.8, 4) is 5.75 Å². The van der Waals surface area contributed by atoms with E-state index in [4.69, 9.17) is 10.5 Å². The molecular weight excluding hydrogens is 276 g/mol. The summed E-state index contributed by atoms with van der Waals surface area (Å²) < 4.78 is 6.26. The Labute approximate surface area is 120 Å². The molecule has 0 aliphatic carbocycles. The van der Waals surface area contributed by atoms with Crippen molar-refractivity contribution in [1.29, 1.82) is 0 Å². The lowest BCUT2D eigenvalue weighted by Crippen LogP contribution is -2.17. The average molecular weight is 290 g/mol. The first-order chi connectivity index (χ1) is 9.93. The molecule has 0 saturated carbocycles. The molecule has 0 aliphatic rings.